The maximum Gasteiger partial charge on any atom is 0.191 e. The second kappa shape index (κ2) is 6.21. The second-order valence-electron chi connectivity index (χ2n) is 2.61. The van der Waals surface area contributed by atoms with Gasteiger partial charge in [0.1, 0.15) is 6.33 Å². The van der Waals surface area contributed by atoms with E-state index in [9.17, 15) is 0 Å². The van der Waals surface area contributed by atoms with Crippen molar-refractivity contribution in [3.8, 4) is 0 Å². The second-order valence-corrected chi connectivity index (χ2v) is 4.67. The standard InChI is InChI=1S/C8H12BrN3OS/c1-7(9)5-14-8-11-10-6-12(8)3-4-13-2/h6H,1,3-5H2,2H3. The first-order valence-electron chi connectivity index (χ1n) is 4.07. The summed E-state index contributed by atoms with van der Waals surface area (Å²) in [5.41, 5.74) is 0. The van der Waals surface area contributed by atoms with Crippen molar-refractivity contribution < 1.29 is 4.74 Å². The smallest absolute Gasteiger partial charge is 0.191 e. The molecule has 0 fully saturated rings. The Bertz CT molecular complexity index is 303. The van der Waals surface area contributed by atoms with E-state index in [2.05, 4.69) is 32.7 Å². The van der Waals surface area contributed by atoms with Crippen molar-refractivity contribution in [3.05, 3.63) is 17.4 Å². The minimum absolute atomic E-state index is 0.668. The molecule has 4 nitrogen and oxygen atoms in total. The molecule has 1 heterocycles. The molecule has 6 heteroatoms. The predicted molar refractivity (Wildman–Crippen MR) is 60.7 cm³/mol. The third-order valence-corrected chi connectivity index (χ3v) is 3.19. The summed E-state index contributed by atoms with van der Waals surface area (Å²) in [6.07, 6.45) is 1.71. The highest BCUT2D eigenvalue weighted by molar-refractivity contribution is 9.11. The van der Waals surface area contributed by atoms with Crippen molar-refractivity contribution in [2.45, 2.75) is 11.7 Å². The number of thioether (sulfide) groups is 1. The Hall–Kier alpha value is -0.330. The van der Waals surface area contributed by atoms with Gasteiger partial charge in [0.15, 0.2) is 5.16 Å². The van der Waals surface area contributed by atoms with Gasteiger partial charge in [-0.05, 0) is 4.48 Å². The molecule has 0 aliphatic carbocycles. The number of nitrogens with zero attached hydrogens (tertiary/aromatic N) is 3. The highest BCUT2D eigenvalue weighted by Crippen LogP contribution is 2.19. The lowest BCUT2D eigenvalue weighted by atomic mass is 10.7. The molecule has 0 atom stereocenters. The van der Waals surface area contributed by atoms with Gasteiger partial charge in [0.05, 0.1) is 6.61 Å². The van der Waals surface area contributed by atoms with Crippen molar-refractivity contribution >= 4 is 27.7 Å². The first-order valence-corrected chi connectivity index (χ1v) is 5.84. The maximum absolute atomic E-state index is 4.98. The van der Waals surface area contributed by atoms with Crippen molar-refractivity contribution in [2.24, 2.45) is 0 Å². The molecule has 1 aromatic rings. The van der Waals surface area contributed by atoms with E-state index in [-0.39, 0.29) is 0 Å². The zero-order valence-corrected chi connectivity index (χ0v) is 10.3. The van der Waals surface area contributed by atoms with Gasteiger partial charge in [-0.3, -0.25) is 0 Å². The number of rotatable bonds is 6. The average Bonchev–Trinajstić information content (AvgIpc) is 2.58. The van der Waals surface area contributed by atoms with Crippen molar-refractivity contribution in [1.82, 2.24) is 14.8 Å². The molecule has 0 unspecified atom stereocenters. The van der Waals surface area contributed by atoms with Crippen LogP contribution in [0.5, 0.6) is 0 Å². The molecule has 78 valence electrons. The van der Waals surface area contributed by atoms with E-state index in [0.29, 0.717) is 6.61 Å². The van der Waals surface area contributed by atoms with Crippen LogP contribution in [-0.2, 0) is 11.3 Å². The van der Waals surface area contributed by atoms with E-state index in [1.54, 1.807) is 25.2 Å². The molecule has 1 rings (SSSR count). The molecule has 0 amide bonds. The summed E-state index contributed by atoms with van der Waals surface area (Å²) in [5.74, 6) is 0.797. The molecule has 0 aliphatic rings. The van der Waals surface area contributed by atoms with E-state index in [1.807, 2.05) is 4.57 Å². The third-order valence-electron chi connectivity index (χ3n) is 1.47. The molecular weight excluding hydrogens is 266 g/mol. The highest BCUT2D eigenvalue weighted by atomic mass is 79.9. The van der Waals surface area contributed by atoms with E-state index < -0.39 is 0 Å². The Kier molecular flexibility index (Phi) is 5.21. The summed E-state index contributed by atoms with van der Waals surface area (Å²) >= 11 is 4.90. The van der Waals surface area contributed by atoms with Crippen LogP contribution >= 0.6 is 27.7 Å². The van der Waals surface area contributed by atoms with E-state index in [4.69, 9.17) is 4.74 Å². The molecule has 0 aromatic carbocycles. The summed E-state index contributed by atoms with van der Waals surface area (Å²) < 4.78 is 7.89. The van der Waals surface area contributed by atoms with Crippen LogP contribution < -0.4 is 0 Å². The van der Waals surface area contributed by atoms with Crippen LogP contribution in [0.25, 0.3) is 0 Å². The molecule has 14 heavy (non-hydrogen) atoms. The van der Waals surface area contributed by atoms with E-state index in [1.165, 1.54) is 0 Å². The van der Waals surface area contributed by atoms with Crippen molar-refractivity contribution in [2.75, 3.05) is 19.5 Å². The van der Waals surface area contributed by atoms with E-state index in [0.717, 1.165) is 21.9 Å². The monoisotopic (exact) mass is 277 g/mol. The Labute approximate surface area is 95.9 Å². The number of hydrogen-bond acceptors (Lipinski definition) is 4. The number of methoxy groups -OCH3 is 1. The molecule has 0 bridgehead atoms. The Morgan fingerprint density at radius 2 is 2.57 bits per heavy atom. The fraction of sp³-hybridized carbons (Fsp3) is 0.500. The summed E-state index contributed by atoms with van der Waals surface area (Å²) in [6.45, 7) is 5.21. The van der Waals surface area contributed by atoms with Crippen LogP contribution in [0.3, 0.4) is 0 Å². The molecule has 0 saturated heterocycles. The first kappa shape index (κ1) is 11.7. The maximum atomic E-state index is 4.98. The number of ether oxygens (including phenoxy) is 1. The van der Waals surface area contributed by atoms with Crippen LogP contribution in [0.2, 0.25) is 0 Å². The van der Waals surface area contributed by atoms with Crippen molar-refractivity contribution in [3.63, 3.8) is 0 Å². The van der Waals surface area contributed by atoms with Gasteiger partial charge in [-0.15, -0.1) is 10.2 Å². The lowest BCUT2D eigenvalue weighted by Gasteiger charge is -2.04. The summed E-state index contributed by atoms with van der Waals surface area (Å²) in [4.78, 5) is 0. The van der Waals surface area contributed by atoms with Gasteiger partial charge in [0, 0.05) is 19.4 Å². The first-order chi connectivity index (χ1) is 6.74. The normalized spacial score (nSPS) is 10.4. The largest absolute Gasteiger partial charge is 0.383 e. The molecule has 0 aliphatic heterocycles. The summed E-state index contributed by atoms with van der Waals surface area (Å²) in [6, 6.07) is 0. The third kappa shape index (κ3) is 3.81. The molecule has 0 N–H and O–H groups in total. The highest BCUT2D eigenvalue weighted by Gasteiger charge is 2.04. The average molecular weight is 278 g/mol. The van der Waals surface area contributed by atoms with Gasteiger partial charge in [-0.1, -0.05) is 34.3 Å². The zero-order chi connectivity index (χ0) is 10.4. The van der Waals surface area contributed by atoms with Gasteiger partial charge in [0.25, 0.3) is 0 Å². The Morgan fingerprint density at radius 3 is 3.21 bits per heavy atom. The quantitative estimate of drug-likeness (QED) is 0.745. The fourth-order valence-electron chi connectivity index (χ4n) is 0.842. The van der Waals surface area contributed by atoms with Crippen LogP contribution in [0.1, 0.15) is 0 Å². The van der Waals surface area contributed by atoms with Gasteiger partial charge in [-0.2, -0.15) is 0 Å². The van der Waals surface area contributed by atoms with Gasteiger partial charge < -0.3 is 9.30 Å². The number of aromatic nitrogens is 3. The van der Waals surface area contributed by atoms with Crippen LogP contribution in [0.4, 0.5) is 0 Å². The van der Waals surface area contributed by atoms with Gasteiger partial charge in [0.2, 0.25) is 0 Å². The van der Waals surface area contributed by atoms with Crippen LogP contribution in [0.15, 0.2) is 22.5 Å². The molecule has 0 spiro atoms. The van der Waals surface area contributed by atoms with Crippen molar-refractivity contribution in [1.29, 1.82) is 0 Å². The molecule has 0 radical (unpaired) electrons. The fourth-order valence-corrected chi connectivity index (χ4v) is 1.88. The Balaban J connectivity index is 2.49. The SMILES string of the molecule is C=C(Br)CSc1nncn1CCOC. The molecule has 0 saturated carbocycles. The van der Waals surface area contributed by atoms with E-state index >= 15 is 0 Å². The minimum Gasteiger partial charge on any atom is -0.383 e. The summed E-state index contributed by atoms with van der Waals surface area (Å²) in [5, 5.41) is 8.74. The predicted octanol–water partition coefficient (Wildman–Crippen LogP) is 1.93. The Morgan fingerprint density at radius 1 is 1.79 bits per heavy atom. The minimum atomic E-state index is 0.668. The van der Waals surface area contributed by atoms with Crippen LogP contribution in [0, 0.1) is 0 Å². The number of hydrogen-bond donors (Lipinski definition) is 0. The lowest BCUT2D eigenvalue weighted by molar-refractivity contribution is 0.184. The van der Waals surface area contributed by atoms with Gasteiger partial charge in [-0.25, -0.2) is 0 Å². The summed E-state index contributed by atoms with van der Waals surface area (Å²) in [7, 11) is 1.68. The molecule has 1 aromatic heterocycles. The zero-order valence-electron chi connectivity index (χ0n) is 7.94. The van der Waals surface area contributed by atoms with Crippen LogP contribution in [-0.4, -0.2) is 34.2 Å². The lowest BCUT2D eigenvalue weighted by Crippen LogP contribution is -2.04. The topological polar surface area (TPSA) is 39.9 Å². The molecular formula is C8H12BrN3OS. The van der Waals surface area contributed by atoms with Gasteiger partial charge >= 0.3 is 0 Å². The number of halogens is 1.